The van der Waals surface area contributed by atoms with Crippen molar-refractivity contribution in [2.24, 2.45) is 5.92 Å². The number of benzene rings is 2. The van der Waals surface area contributed by atoms with Crippen LogP contribution < -0.4 is 19.9 Å². The van der Waals surface area contributed by atoms with Gasteiger partial charge in [0.1, 0.15) is 5.75 Å². The Morgan fingerprint density at radius 3 is 2.67 bits per heavy atom. The van der Waals surface area contributed by atoms with Crippen LogP contribution in [0.25, 0.3) is 0 Å². The van der Waals surface area contributed by atoms with Crippen molar-refractivity contribution in [1.29, 1.82) is 0 Å². The zero-order valence-electron chi connectivity index (χ0n) is 19.0. The fraction of sp³-hybridized carbons (Fsp3) is 0.458. The van der Waals surface area contributed by atoms with Gasteiger partial charge in [0.05, 0.1) is 24.0 Å². The average molecular weight is 455 g/mol. The summed E-state index contributed by atoms with van der Waals surface area (Å²) in [4.78, 5) is 28.7. The summed E-state index contributed by atoms with van der Waals surface area (Å²) < 4.78 is 10.4. The molecule has 2 atom stereocenters. The lowest BCUT2D eigenvalue weighted by Crippen LogP contribution is -2.61. The van der Waals surface area contributed by atoms with E-state index >= 15 is 0 Å². The molecule has 4 rings (SSSR count). The number of anilines is 2. The van der Waals surface area contributed by atoms with Gasteiger partial charge in [-0.25, -0.2) is 0 Å². The highest BCUT2D eigenvalue weighted by Crippen LogP contribution is 2.38. The SMILES string of the molecule is COCCCNC(=O)[C@H]1Cc2cc([N+](=O)[O-])ccc2N2CCN(c3ccc(OC)cc3)C[C@@H]12. The minimum Gasteiger partial charge on any atom is -0.497 e. The van der Waals surface area contributed by atoms with Crippen molar-refractivity contribution >= 4 is 23.0 Å². The van der Waals surface area contributed by atoms with E-state index in [9.17, 15) is 14.9 Å². The van der Waals surface area contributed by atoms with E-state index in [0.717, 1.165) is 42.2 Å². The number of hydrogen-bond donors (Lipinski definition) is 1. The summed E-state index contributed by atoms with van der Waals surface area (Å²) in [5.74, 6) is 0.483. The molecule has 176 valence electrons. The smallest absolute Gasteiger partial charge is 0.269 e. The number of methoxy groups -OCH3 is 2. The van der Waals surface area contributed by atoms with Crippen molar-refractivity contribution in [3.05, 3.63) is 58.1 Å². The Bertz CT molecular complexity index is 997. The molecule has 2 aliphatic heterocycles. The van der Waals surface area contributed by atoms with Gasteiger partial charge < -0.3 is 24.6 Å². The van der Waals surface area contributed by atoms with E-state index < -0.39 is 0 Å². The van der Waals surface area contributed by atoms with Crippen molar-refractivity contribution < 1.29 is 19.2 Å². The summed E-state index contributed by atoms with van der Waals surface area (Å²) >= 11 is 0. The van der Waals surface area contributed by atoms with Crippen molar-refractivity contribution in [2.45, 2.75) is 18.9 Å². The van der Waals surface area contributed by atoms with E-state index in [4.69, 9.17) is 9.47 Å². The zero-order chi connectivity index (χ0) is 23.4. The molecule has 2 aromatic carbocycles. The van der Waals surface area contributed by atoms with Crippen LogP contribution >= 0.6 is 0 Å². The van der Waals surface area contributed by atoms with E-state index in [1.165, 1.54) is 0 Å². The molecule has 0 bridgehead atoms. The van der Waals surface area contributed by atoms with Gasteiger partial charge in [0.25, 0.3) is 5.69 Å². The van der Waals surface area contributed by atoms with Crippen LogP contribution in [0.2, 0.25) is 0 Å². The van der Waals surface area contributed by atoms with Crippen LogP contribution in [0.1, 0.15) is 12.0 Å². The quantitative estimate of drug-likeness (QED) is 0.372. The first-order valence-corrected chi connectivity index (χ1v) is 11.2. The molecule has 2 aromatic rings. The number of rotatable bonds is 8. The minimum atomic E-state index is -0.381. The molecule has 2 heterocycles. The molecule has 1 N–H and O–H groups in total. The Balaban J connectivity index is 1.59. The normalized spacial score (nSPS) is 19.5. The van der Waals surface area contributed by atoms with Crippen LogP contribution in [0.3, 0.4) is 0 Å². The van der Waals surface area contributed by atoms with E-state index in [-0.39, 0.29) is 28.5 Å². The Morgan fingerprint density at radius 1 is 1.18 bits per heavy atom. The predicted octanol–water partition coefficient (Wildman–Crippen LogP) is 2.62. The number of nitrogens with one attached hydrogen (secondary N) is 1. The van der Waals surface area contributed by atoms with E-state index in [2.05, 4.69) is 15.1 Å². The van der Waals surface area contributed by atoms with Gasteiger partial charge in [0.2, 0.25) is 5.91 Å². The van der Waals surface area contributed by atoms with Gasteiger partial charge in [-0.15, -0.1) is 0 Å². The lowest BCUT2D eigenvalue weighted by atomic mass is 9.83. The Morgan fingerprint density at radius 2 is 1.97 bits per heavy atom. The number of ether oxygens (including phenoxy) is 2. The second kappa shape index (κ2) is 10.1. The predicted molar refractivity (Wildman–Crippen MR) is 126 cm³/mol. The lowest BCUT2D eigenvalue weighted by Gasteiger charge is -2.49. The van der Waals surface area contributed by atoms with Crippen LogP contribution in [0, 0.1) is 16.0 Å². The third kappa shape index (κ3) is 4.88. The number of amides is 1. The highest BCUT2D eigenvalue weighted by atomic mass is 16.6. The molecule has 0 saturated carbocycles. The maximum absolute atomic E-state index is 13.2. The molecular formula is C24H30N4O5. The number of carbonyl (C=O) groups is 1. The topological polar surface area (TPSA) is 97.2 Å². The second-order valence-electron chi connectivity index (χ2n) is 8.42. The number of piperazine rings is 1. The zero-order valence-corrected chi connectivity index (χ0v) is 19.0. The minimum absolute atomic E-state index is 0.0187. The summed E-state index contributed by atoms with van der Waals surface area (Å²) in [6.07, 6.45) is 1.22. The van der Waals surface area contributed by atoms with Crippen molar-refractivity contribution in [3.63, 3.8) is 0 Å². The van der Waals surface area contributed by atoms with Crippen molar-refractivity contribution in [1.82, 2.24) is 5.32 Å². The fourth-order valence-corrected chi connectivity index (χ4v) is 4.81. The van der Waals surface area contributed by atoms with Crippen LogP contribution in [-0.2, 0) is 16.0 Å². The maximum Gasteiger partial charge on any atom is 0.269 e. The molecule has 0 spiro atoms. The summed E-state index contributed by atoms with van der Waals surface area (Å²) in [5.41, 5.74) is 2.99. The van der Waals surface area contributed by atoms with E-state index in [1.54, 1.807) is 26.4 Å². The molecule has 1 fully saturated rings. The number of nitro groups is 1. The first-order chi connectivity index (χ1) is 16.0. The second-order valence-corrected chi connectivity index (χ2v) is 8.42. The van der Waals surface area contributed by atoms with E-state index in [1.807, 2.05) is 30.3 Å². The summed E-state index contributed by atoms with van der Waals surface area (Å²) in [7, 11) is 3.29. The van der Waals surface area contributed by atoms with Gasteiger partial charge in [0, 0.05) is 63.4 Å². The third-order valence-electron chi connectivity index (χ3n) is 6.51. The molecule has 2 aliphatic rings. The highest BCUT2D eigenvalue weighted by Gasteiger charge is 2.42. The largest absolute Gasteiger partial charge is 0.497 e. The number of non-ortho nitro benzene ring substituents is 1. The summed E-state index contributed by atoms with van der Waals surface area (Å²) in [6, 6.07) is 12.9. The van der Waals surface area contributed by atoms with Crippen molar-refractivity contribution in [2.75, 3.05) is 56.8 Å². The number of hydrogen-bond acceptors (Lipinski definition) is 7. The number of nitrogens with zero attached hydrogens (tertiary/aromatic N) is 3. The van der Waals surface area contributed by atoms with Crippen LogP contribution in [0.5, 0.6) is 5.75 Å². The van der Waals surface area contributed by atoms with Crippen LogP contribution in [-0.4, -0.2) is 63.9 Å². The molecular weight excluding hydrogens is 424 g/mol. The molecule has 9 nitrogen and oxygen atoms in total. The Labute approximate surface area is 193 Å². The first-order valence-electron chi connectivity index (χ1n) is 11.2. The molecule has 9 heteroatoms. The van der Waals surface area contributed by atoms with Crippen LogP contribution in [0.15, 0.2) is 42.5 Å². The highest BCUT2D eigenvalue weighted by molar-refractivity contribution is 5.82. The molecule has 0 aromatic heterocycles. The molecule has 1 saturated heterocycles. The van der Waals surface area contributed by atoms with Gasteiger partial charge in [-0.3, -0.25) is 14.9 Å². The van der Waals surface area contributed by atoms with Gasteiger partial charge in [-0.2, -0.15) is 0 Å². The molecule has 0 unspecified atom stereocenters. The summed E-state index contributed by atoms with van der Waals surface area (Å²) in [5, 5.41) is 14.4. The molecule has 0 radical (unpaired) electrons. The average Bonchev–Trinajstić information content (AvgIpc) is 2.85. The van der Waals surface area contributed by atoms with Gasteiger partial charge in [-0.1, -0.05) is 0 Å². The Hall–Kier alpha value is -3.33. The van der Waals surface area contributed by atoms with Crippen molar-refractivity contribution in [3.8, 4) is 5.75 Å². The number of fused-ring (bicyclic) bond motifs is 3. The maximum atomic E-state index is 13.2. The third-order valence-corrected chi connectivity index (χ3v) is 6.51. The number of nitro benzene ring substituents is 1. The van der Waals surface area contributed by atoms with Gasteiger partial charge in [-0.05, 0) is 48.7 Å². The summed E-state index contributed by atoms with van der Waals surface area (Å²) in [6.45, 7) is 3.34. The number of carbonyl (C=O) groups excluding carboxylic acids is 1. The van der Waals surface area contributed by atoms with Gasteiger partial charge in [0.15, 0.2) is 0 Å². The molecule has 0 aliphatic carbocycles. The first kappa shape index (κ1) is 22.8. The van der Waals surface area contributed by atoms with Crippen LogP contribution in [0.4, 0.5) is 17.1 Å². The molecule has 33 heavy (non-hydrogen) atoms. The van der Waals surface area contributed by atoms with E-state index in [0.29, 0.717) is 26.1 Å². The molecule has 1 amide bonds. The monoisotopic (exact) mass is 454 g/mol. The van der Waals surface area contributed by atoms with Gasteiger partial charge >= 0.3 is 0 Å². The Kier molecular flexibility index (Phi) is 6.98. The lowest BCUT2D eigenvalue weighted by molar-refractivity contribution is -0.384. The standard InChI is InChI=1S/C24H30N4O5/c1-32-13-3-10-25-24(29)21-15-17-14-19(28(30)31)6-9-22(17)27-12-11-26(16-23(21)27)18-4-7-20(33-2)8-5-18/h4-9,14,21,23H,3,10-13,15-16H2,1-2H3,(H,25,29)/t21-,23-/m0/s1. The fourth-order valence-electron chi connectivity index (χ4n) is 4.81.